The number of aromatic nitrogens is 2. The van der Waals surface area contributed by atoms with Crippen LogP contribution in [-0.4, -0.2) is 31.6 Å². The first-order valence-electron chi connectivity index (χ1n) is 5.27. The molecule has 0 unspecified atom stereocenters. The van der Waals surface area contributed by atoms with Crippen LogP contribution in [0.5, 0.6) is 0 Å². The molecule has 10 heteroatoms. The van der Waals surface area contributed by atoms with Gasteiger partial charge in [-0.15, -0.1) is 10.2 Å². The summed E-state index contributed by atoms with van der Waals surface area (Å²) >= 11 is 6.63. The monoisotopic (exact) mass is 332 g/mol. The highest BCUT2D eigenvalue weighted by molar-refractivity contribution is 7.91. The van der Waals surface area contributed by atoms with Crippen molar-refractivity contribution in [2.75, 3.05) is 12.4 Å². The Hall–Kier alpha value is -1.55. The highest BCUT2D eigenvalue weighted by Gasteiger charge is 2.19. The summed E-state index contributed by atoms with van der Waals surface area (Å²) in [4.78, 5) is 11.9. The number of nitrogens with zero attached hydrogens (tertiary/aromatic N) is 2. The fourth-order valence-corrected chi connectivity index (χ4v) is 3.21. The molecule has 1 aromatic heterocycles. The van der Waals surface area contributed by atoms with Gasteiger partial charge >= 0.3 is 0 Å². The molecule has 1 heterocycles. The zero-order valence-electron chi connectivity index (χ0n) is 10.1. The van der Waals surface area contributed by atoms with Gasteiger partial charge < -0.3 is 0 Å². The van der Waals surface area contributed by atoms with Crippen LogP contribution in [0, 0.1) is 0 Å². The van der Waals surface area contributed by atoms with E-state index >= 15 is 0 Å². The minimum Gasteiger partial charge on any atom is -0.296 e. The number of sulfonamides is 1. The Morgan fingerprint density at radius 2 is 2.00 bits per heavy atom. The van der Waals surface area contributed by atoms with Crippen LogP contribution in [0.3, 0.4) is 0 Å². The molecule has 7 nitrogen and oxygen atoms in total. The van der Waals surface area contributed by atoms with Crippen molar-refractivity contribution in [3.63, 3.8) is 0 Å². The van der Waals surface area contributed by atoms with E-state index in [1.54, 1.807) is 24.3 Å². The minimum atomic E-state index is -3.67. The molecule has 0 saturated carbocycles. The minimum absolute atomic E-state index is 0.0729. The number of benzene rings is 1. The van der Waals surface area contributed by atoms with Crippen molar-refractivity contribution in [1.29, 1.82) is 0 Å². The standard InChI is InChI=1S/C10H9ClN4O3S2/c1-12-20(17,18)10-15-14-9(19-10)13-8(16)6-4-2-3-5-7(6)11/h2-5,12H,1H3,(H,13,14,16). The van der Waals surface area contributed by atoms with Gasteiger partial charge in [0, 0.05) is 0 Å². The van der Waals surface area contributed by atoms with Gasteiger partial charge in [0.25, 0.3) is 15.9 Å². The zero-order chi connectivity index (χ0) is 14.8. The van der Waals surface area contributed by atoms with Gasteiger partial charge in [0.2, 0.25) is 9.47 Å². The molecule has 0 aliphatic rings. The van der Waals surface area contributed by atoms with Gasteiger partial charge in [-0.25, -0.2) is 13.1 Å². The van der Waals surface area contributed by atoms with Gasteiger partial charge in [-0.1, -0.05) is 35.1 Å². The van der Waals surface area contributed by atoms with Crippen molar-refractivity contribution in [1.82, 2.24) is 14.9 Å². The average Bonchev–Trinajstić information content (AvgIpc) is 2.88. The zero-order valence-corrected chi connectivity index (χ0v) is 12.5. The van der Waals surface area contributed by atoms with Gasteiger partial charge in [0.15, 0.2) is 0 Å². The molecule has 0 aliphatic heterocycles. The molecule has 0 saturated heterocycles. The number of hydrogen-bond donors (Lipinski definition) is 2. The molecule has 2 rings (SSSR count). The number of amides is 1. The van der Waals surface area contributed by atoms with E-state index < -0.39 is 15.9 Å². The van der Waals surface area contributed by atoms with Crippen molar-refractivity contribution < 1.29 is 13.2 Å². The second-order valence-corrected chi connectivity index (χ2v) is 6.96. The molecule has 1 aromatic carbocycles. The van der Waals surface area contributed by atoms with E-state index in [1.165, 1.54) is 7.05 Å². The molecule has 0 spiro atoms. The number of carbonyl (C=O) groups is 1. The van der Waals surface area contributed by atoms with Gasteiger partial charge in [-0.05, 0) is 19.2 Å². The molecule has 0 aliphatic carbocycles. The molecule has 0 bridgehead atoms. The first kappa shape index (κ1) is 14.9. The summed E-state index contributed by atoms with van der Waals surface area (Å²) in [6.45, 7) is 0. The Kier molecular flexibility index (Phi) is 4.33. The van der Waals surface area contributed by atoms with Crippen LogP contribution >= 0.6 is 22.9 Å². The average molecular weight is 333 g/mol. The van der Waals surface area contributed by atoms with E-state index in [9.17, 15) is 13.2 Å². The Balaban J connectivity index is 2.20. The van der Waals surface area contributed by atoms with Gasteiger partial charge in [-0.3, -0.25) is 10.1 Å². The summed E-state index contributed by atoms with van der Waals surface area (Å²) in [6.07, 6.45) is 0. The molecule has 106 valence electrons. The molecule has 2 aromatic rings. The second-order valence-electron chi connectivity index (χ2n) is 3.51. The van der Waals surface area contributed by atoms with E-state index in [-0.39, 0.29) is 20.1 Å². The Morgan fingerprint density at radius 3 is 2.65 bits per heavy atom. The van der Waals surface area contributed by atoms with Crippen molar-refractivity contribution in [3.05, 3.63) is 34.9 Å². The van der Waals surface area contributed by atoms with E-state index in [0.29, 0.717) is 0 Å². The van der Waals surface area contributed by atoms with Crippen LogP contribution in [-0.2, 0) is 10.0 Å². The molecule has 2 N–H and O–H groups in total. The van der Waals surface area contributed by atoms with Gasteiger partial charge in [0.1, 0.15) is 0 Å². The Morgan fingerprint density at radius 1 is 1.30 bits per heavy atom. The smallest absolute Gasteiger partial charge is 0.269 e. The number of carbonyl (C=O) groups excluding carboxylic acids is 1. The normalized spacial score (nSPS) is 11.3. The lowest BCUT2D eigenvalue weighted by molar-refractivity contribution is 0.102. The maximum atomic E-state index is 11.9. The van der Waals surface area contributed by atoms with Gasteiger partial charge in [-0.2, -0.15) is 0 Å². The summed E-state index contributed by atoms with van der Waals surface area (Å²) in [5.74, 6) is -0.486. The molecular weight excluding hydrogens is 324 g/mol. The fourth-order valence-electron chi connectivity index (χ4n) is 1.27. The van der Waals surface area contributed by atoms with Crippen molar-refractivity contribution in [2.24, 2.45) is 0 Å². The van der Waals surface area contributed by atoms with Crippen LogP contribution in [0.25, 0.3) is 0 Å². The molecule has 1 amide bonds. The Labute approximate surface area is 124 Å². The van der Waals surface area contributed by atoms with Crippen molar-refractivity contribution >= 4 is 44.0 Å². The first-order chi connectivity index (χ1) is 9.44. The van der Waals surface area contributed by atoms with Crippen LogP contribution in [0.4, 0.5) is 5.13 Å². The highest BCUT2D eigenvalue weighted by atomic mass is 35.5. The lowest BCUT2D eigenvalue weighted by Gasteiger charge is -2.02. The van der Waals surface area contributed by atoms with E-state index in [2.05, 4.69) is 20.2 Å². The second kappa shape index (κ2) is 5.83. The van der Waals surface area contributed by atoms with Crippen LogP contribution in [0.15, 0.2) is 28.6 Å². The number of halogens is 1. The third kappa shape index (κ3) is 3.12. The van der Waals surface area contributed by atoms with E-state index in [1.807, 2.05) is 0 Å². The predicted octanol–water partition coefficient (Wildman–Crippen LogP) is 1.35. The van der Waals surface area contributed by atoms with E-state index in [4.69, 9.17) is 11.6 Å². The molecule has 0 atom stereocenters. The lowest BCUT2D eigenvalue weighted by atomic mass is 10.2. The maximum Gasteiger partial charge on any atom is 0.269 e. The SMILES string of the molecule is CNS(=O)(=O)c1nnc(NC(=O)c2ccccc2Cl)s1. The van der Waals surface area contributed by atoms with Crippen LogP contribution in [0.1, 0.15) is 10.4 Å². The quantitative estimate of drug-likeness (QED) is 0.823. The summed E-state index contributed by atoms with van der Waals surface area (Å²) in [6, 6.07) is 6.48. The number of anilines is 1. The number of nitrogens with one attached hydrogen (secondary N) is 2. The predicted molar refractivity (Wildman–Crippen MR) is 75.6 cm³/mol. The molecule has 0 radical (unpaired) electrons. The van der Waals surface area contributed by atoms with E-state index in [0.717, 1.165) is 11.3 Å². The first-order valence-corrected chi connectivity index (χ1v) is 7.95. The number of rotatable bonds is 4. The highest BCUT2D eigenvalue weighted by Crippen LogP contribution is 2.21. The molecule has 0 fully saturated rings. The fraction of sp³-hybridized carbons (Fsp3) is 0.100. The molecule has 20 heavy (non-hydrogen) atoms. The summed E-state index contributed by atoms with van der Waals surface area (Å²) < 4.78 is 24.9. The third-order valence-corrected chi connectivity index (χ3v) is 5.19. The van der Waals surface area contributed by atoms with Crippen molar-refractivity contribution in [2.45, 2.75) is 4.34 Å². The lowest BCUT2D eigenvalue weighted by Crippen LogP contribution is -2.18. The molecular formula is C10H9ClN4O3S2. The third-order valence-electron chi connectivity index (χ3n) is 2.24. The van der Waals surface area contributed by atoms with Gasteiger partial charge in [0.05, 0.1) is 10.6 Å². The topological polar surface area (TPSA) is 101 Å². The van der Waals surface area contributed by atoms with Crippen LogP contribution < -0.4 is 10.0 Å². The summed E-state index contributed by atoms with van der Waals surface area (Å²) in [5.41, 5.74) is 0.266. The van der Waals surface area contributed by atoms with Crippen LogP contribution in [0.2, 0.25) is 5.02 Å². The summed E-state index contributed by atoms with van der Waals surface area (Å²) in [7, 11) is -2.41. The largest absolute Gasteiger partial charge is 0.296 e. The number of hydrogen-bond acceptors (Lipinski definition) is 6. The maximum absolute atomic E-state index is 11.9. The van der Waals surface area contributed by atoms with Crippen molar-refractivity contribution in [3.8, 4) is 0 Å². The Bertz CT molecular complexity index is 744. The summed E-state index contributed by atoms with van der Waals surface area (Å²) in [5, 5.41) is 9.91.